The molecule has 178 valence electrons. The van der Waals surface area contributed by atoms with Crippen LogP contribution >= 0.6 is 0 Å². The molecule has 0 bridgehead atoms. The average Bonchev–Trinajstić information content (AvgIpc) is 3.38. The number of hydrogen-bond acceptors (Lipinski definition) is 5. The maximum atomic E-state index is 14.7. The van der Waals surface area contributed by atoms with Crippen LogP contribution in [0.15, 0.2) is 60.8 Å². The number of halogens is 3. The summed E-state index contributed by atoms with van der Waals surface area (Å²) in [6.45, 7) is 1.84. The Bertz CT molecular complexity index is 1410. The van der Waals surface area contributed by atoms with Gasteiger partial charge in [0.15, 0.2) is 11.6 Å². The van der Waals surface area contributed by atoms with E-state index >= 15 is 0 Å². The number of anilines is 3. The van der Waals surface area contributed by atoms with Gasteiger partial charge in [0.05, 0.1) is 22.9 Å². The van der Waals surface area contributed by atoms with Crippen LogP contribution in [0.5, 0.6) is 11.5 Å². The summed E-state index contributed by atoms with van der Waals surface area (Å²) < 4.78 is 48.1. The summed E-state index contributed by atoms with van der Waals surface area (Å²) in [6, 6.07) is 11.6. The molecule has 1 aliphatic heterocycles. The SMILES string of the molecule is O=C(Nc1cccc(F)c1)Nc1ccc(Oc2ccc3ncc(N4CCCC4)nc3c2)c(F)c1F. The minimum atomic E-state index is -1.30. The summed E-state index contributed by atoms with van der Waals surface area (Å²) >= 11 is 0. The van der Waals surface area contributed by atoms with Gasteiger partial charge in [-0.15, -0.1) is 0 Å². The Labute approximate surface area is 198 Å². The van der Waals surface area contributed by atoms with E-state index in [1.165, 1.54) is 30.3 Å². The molecular weight excluding hydrogens is 459 g/mol. The highest BCUT2D eigenvalue weighted by molar-refractivity contribution is 5.99. The number of rotatable bonds is 5. The quantitative estimate of drug-likeness (QED) is 0.363. The van der Waals surface area contributed by atoms with Gasteiger partial charge in [0.2, 0.25) is 5.82 Å². The molecule has 1 aliphatic rings. The first-order valence-corrected chi connectivity index (χ1v) is 11.0. The number of nitrogens with zero attached hydrogens (tertiary/aromatic N) is 3. The maximum Gasteiger partial charge on any atom is 0.323 e. The number of urea groups is 1. The van der Waals surface area contributed by atoms with Crippen LogP contribution in [0.25, 0.3) is 11.0 Å². The lowest BCUT2D eigenvalue weighted by Crippen LogP contribution is -2.20. The van der Waals surface area contributed by atoms with E-state index in [2.05, 4.69) is 25.5 Å². The fourth-order valence-electron chi connectivity index (χ4n) is 3.83. The Kier molecular flexibility index (Phi) is 6.09. The van der Waals surface area contributed by atoms with Gasteiger partial charge < -0.3 is 20.3 Å². The predicted octanol–water partition coefficient (Wildman–Crippen LogP) is 6.08. The Morgan fingerprint density at radius 1 is 0.914 bits per heavy atom. The smallest absolute Gasteiger partial charge is 0.323 e. The monoisotopic (exact) mass is 479 g/mol. The van der Waals surface area contributed by atoms with Gasteiger partial charge in [0.25, 0.3) is 0 Å². The lowest BCUT2D eigenvalue weighted by atomic mass is 10.2. The number of hydrogen-bond donors (Lipinski definition) is 2. The van der Waals surface area contributed by atoms with Crippen LogP contribution in [-0.2, 0) is 0 Å². The van der Waals surface area contributed by atoms with E-state index in [0.717, 1.165) is 37.8 Å². The van der Waals surface area contributed by atoms with Crippen LogP contribution in [0.1, 0.15) is 12.8 Å². The van der Waals surface area contributed by atoms with E-state index in [0.29, 0.717) is 11.0 Å². The molecule has 35 heavy (non-hydrogen) atoms. The van der Waals surface area contributed by atoms with Crippen molar-refractivity contribution in [3.8, 4) is 11.5 Å². The molecule has 4 aromatic rings. The van der Waals surface area contributed by atoms with E-state index in [9.17, 15) is 18.0 Å². The fraction of sp³-hybridized carbons (Fsp3) is 0.160. The standard InChI is InChI=1S/C25H20F3N5O2/c26-15-4-3-5-16(12-15)30-25(34)32-19-8-9-21(24(28)23(19)27)35-17-6-7-18-20(13-17)31-22(14-29-18)33-10-1-2-11-33/h3-9,12-14H,1-2,10-11H2,(H2,30,32,34). The zero-order chi connectivity index (χ0) is 24.4. The largest absolute Gasteiger partial charge is 0.454 e. The molecule has 0 atom stereocenters. The molecule has 5 rings (SSSR count). The van der Waals surface area contributed by atoms with Crippen molar-refractivity contribution in [2.75, 3.05) is 28.6 Å². The third-order valence-corrected chi connectivity index (χ3v) is 5.54. The Hall–Kier alpha value is -4.34. The van der Waals surface area contributed by atoms with Gasteiger partial charge in [-0.05, 0) is 55.3 Å². The van der Waals surface area contributed by atoms with Crippen molar-refractivity contribution >= 4 is 34.3 Å². The van der Waals surface area contributed by atoms with Crippen molar-refractivity contribution in [2.45, 2.75) is 12.8 Å². The molecule has 1 aromatic heterocycles. The van der Waals surface area contributed by atoms with Crippen LogP contribution in [0, 0.1) is 17.5 Å². The highest BCUT2D eigenvalue weighted by Crippen LogP contribution is 2.31. The topological polar surface area (TPSA) is 79.4 Å². The lowest BCUT2D eigenvalue weighted by molar-refractivity contribution is 0.262. The van der Waals surface area contributed by atoms with E-state index < -0.39 is 29.2 Å². The number of nitrogens with one attached hydrogen (secondary N) is 2. The zero-order valence-corrected chi connectivity index (χ0v) is 18.4. The van der Waals surface area contributed by atoms with E-state index in [1.54, 1.807) is 24.4 Å². The molecule has 3 aromatic carbocycles. The number of carbonyl (C=O) groups excluding carboxylic acids is 1. The number of fused-ring (bicyclic) bond motifs is 1. The molecule has 7 nitrogen and oxygen atoms in total. The minimum Gasteiger partial charge on any atom is -0.454 e. The molecule has 10 heteroatoms. The fourth-order valence-corrected chi connectivity index (χ4v) is 3.83. The second-order valence-corrected chi connectivity index (χ2v) is 8.00. The number of benzene rings is 3. The molecule has 0 saturated carbocycles. The van der Waals surface area contributed by atoms with Crippen molar-refractivity contribution < 1.29 is 22.7 Å². The minimum absolute atomic E-state index is 0.163. The average molecular weight is 479 g/mol. The van der Waals surface area contributed by atoms with Gasteiger partial charge in [-0.2, -0.15) is 4.39 Å². The van der Waals surface area contributed by atoms with Gasteiger partial charge >= 0.3 is 6.03 Å². The lowest BCUT2D eigenvalue weighted by Gasteiger charge is -2.16. The number of amides is 2. The first-order chi connectivity index (χ1) is 17.0. The van der Waals surface area contributed by atoms with Crippen molar-refractivity contribution in [1.82, 2.24) is 9.97 Å². The van der Waals surface area contributed by atoms with Gasteiger partial charge in [-0.3, -0.25) is 4.98 Å². The van der Waals surface area contributed by atoms with Crippen molar-refractivity contribution in [3.05, 3.63) is 78.2 Å². The van der Waals surface area contributed by atoms with Crippen molar-refractivity contribution in [3.63, 3.8) is 0 Å². The highest BCUT2D eigenvalue weighted by atomic mass is 19.2. The summed E-state index contributed by atoms with van der Waals surface area (Å²) in [5.41, 5.74) is 0.981. The van der Waals surface area contributed by atoms with E-state index in [4.69, 9.17) is 4.74 Å². The second kappa shape index (κ2) is 9.49. The zero-order valence-electron chi connectivity index (χ0n) is 18.4. The van der Waals surface area contributed by atoms with E-state index in [-0.39, 0.29) is 17.2 Å². The second-order valence-electron chi connectivity index (χ2n) is 8.00. The van der Waals surface area contributed by atoms with Gasteiger partial charge in [-0.25, -0.2) is 18.6 Å². The summed E-state index contributed by atoms with van der Waals surface area (Å²) in [7, 11) is 0. The Morgan fingerprint density at radius 2 is 1.74 bits per heavy atom. The van der Waals surface area contributed by atoms with Crippen LogP contribution in [0.3, 0.4) is 0 Å². The molecule has 0 aliphatic carbocycles. The van der Waals surface area contributed by atoms with Crippen LogP contribution in [0.2, 0.25) is 0 Å². The molecule has 1 saturated heterocycles. The first kappa shape index (κ1) is 22.5. The van der Waals surface area contributed by atoms with Gasteiger partial charge in [-0.1, -0.05) is 6.07 Å². The third kappa shape index (κ3) is 4.96. The third-order valence-electron chi connectivity index (χ3n) is 5.54. The van der Waals surface area contributed by atoms with Crippen LogP contribution in [-0.4, -0.2) is 29.1 Å². The van der Waals surface area contributed by atoms with E-state index in [1.807, 2.05) is 0 Å². The molecule has 1 fully saturated rings. The summed E-state index contributed by atoms with van der Waals surface area (Å²) in [5.74, 6) is -2.46. The molecule has 2 amide bonds. The highest BCUT2D eigenvalue weighted by Gasteiger charge is 2.18. The molecule has 2 heterocycles. The Balaban J connectivity index is 1.32. The van der Waals surface area contributed by atoms with Crippen molar-refractivity contribution in [1.29, 1.82) is 0 Å². The van der Waals surface area contributed by atoms with Crippen LogP contribution in [0.4, 0.5) is 35.2 Å². The Morgan fingerprint density at radius 3 is 2.54 bits per heavy atom. The number of aromatic nitrogens is 2. The predicted molar refractivity (Wildman–Crippen MR) is 126 cm³/mol. The summed E-state index contributed by atoms with van der Waals surface area (Å²) in [5, 5.41) is 4.55. The molecule has 0 radical (unpaired) electrons. The number of carbonyl (C=O) groups is 1. The van der Waals surface area contributed by atoms with Crippen LogP contribution < -0.4 is 20.3 Å². The normalized spacial score (nSPS) is 13.2. The molecule has 2 N–H and O–H groups in total. The molecule has 0 spiro atoms. The van der Waals surface area contributed by atoms with Gasteiger partial charge in [0.1, 0.15) is 17.4 Å². The summed E-state index contributed by atoms with van der Waals surface area (Å²) in [4.78, 5) is 23.3. The first-order valence-electron chi connectivity index (χ1n) is 11.0. The molecule has 0 unspecified atom stereocenters. The van der Waals surface area contributed by atoms with Gasteiger partial charge in [0, 0.05) is 24.8 Å². The molecular formula is C25H20F3N5O2. The summed E-state index contributed by atoms with van der Waals surface area (Å²) in [6.07, 6.45) is 3.93. The maximum absolute atomic E-state index is 14.7. The number of ether oxygens (including phenoxy) is 1. The van der Waals surface area contributed by atoms with Crippen molar-refractivity contribution in [2.24, 2.45) is 0 Å².